The van der Waals surface area contributed by atoms with Crippen molar-refractivity contribution in [1.82, 2.24) is 0 Å². The van der Waals surface area contributed by atoms with Crippen molar-refractivity contribution in [2.75, 3.05) is 0 Å². The number of carbonyl (C=O) groups is 1. The molecule has 7 heteroatoms. The van der Waals surface area contributed by atoms with Crippen molar-refractivity contribution in [3.05, 3.63) is 24.7 Å². The summed E-state index contributed by atoms with van der Waals surface area (Å²) >= 11 is 0. The van der Waals surface area contributed by atoms with E-state index in [0.717, 1.165) is 0 Å². The Balaban J connectivity index is 2.64. The molecule has 1 aliphatic rings. The fourth-order valence-electron chi connectivity index (χ4n) is 2.30. The van der Waals surface area contributed by atoms with E-state index in [-0.39, 0.29) is 40.8 Å². The summed E-state index contributed by atoms with van der Waals surface area (Å²) in [6.45, 7) is 27.2. The number of hydrogen-bond acceptors (Lipinski definition) is 5. The average Bonchev–Trinajstić information content (AvgIpc) is 2.46. The molecule has 0 saturated heterocycles. The maximum atomic E-state index is 12.4. The zero-order valence-corrected chi connectivity index (χ0v) is 22.3. The molecule has 0 N–H and O–H groups in total. The molecule has 0 aromatic carbocycles. The Kier molecular flexibility index (Phi) is 8.04. The van der Waals surface area contributed by atoms with Gasteiger partial charge >= 0.3 is 0 Å². The summed E-state index contributed by atoms with van der Waals surface area (Å²) < 4.78 is 23.8. The maximum absolute atomic E-state index is 12.4. The van der Waals surface area contributed by atoms with Gasteiger partial charge in [0.1, 0.15) is 6.10 Å². The molecule has 1 rings (SSSR count). The van der Waals surface area contributed by atoms with Crippen molar-refractivity contribution in [3.63, 3.8) is 0 Å². The summed E-state index contributed by atoms with van der Waals surface area (Å²) in [5, 5.41) is 0.0576. The molecular weight excluding hydrogens is 400 g/mol. The van der Waals surface area contributed by atoms with Crippen LogP contribution in [0.4, 0.5) is 0 Å². The molecule has 0 amide bonds. The van der Waals surface area contributed by atoms with Gasteiger partial charge in [0, 0.05) is 0 Å². The van der Waals surface area contributed by atoms with Crippen LogP contribution in [0, 0.1) is 0 Å². The van der Waals surface area contributed by atoms with E-state index in [1.54, 1.807) is 0 Å². The van der Waals surface area contributed by atoms with Crippen LogP contribution in [0.15, 0.2) is 24.7 Å². The van der Waals surface area contributed by atoms with Gasteiger partial charge < -0.3 is 18.3 Å². The molecule has 0 radical (unpaired) electrons. The predicted molar refractivity (Wildman–Crippen MR) is 124 cm³/mol. The first-order valence-corrected chi connectivity index (χ1v) is 16.3. The third-order valence-electron chi connectivity index (χ3n) is 6.35. The fraction of sp³-hybridized carbons (Fsp3) is 0.773. The van der Waals surface area contributed by atoms with E-state index in [2.05, 4.69) is 74.3 Å². The van der Waals surface area contributed by atoms with Gasteiger partial charge in [-0.1, -0.05) is 47.6 Å². The number of hydrogen-bond donors (Lipinski definition) is 0. The Bertz CT molecular complexity index is 626. The van der Waals surface area contributed by atoms with E-state index >= 15 is 0 Å². The van der Waals surface area contributed by atoms with Gasteiger partial charge in [-0.2, -0.15) is 0 Å². The zero-order valence-electron chi connectivity index (χ0n) is 20.3. The molecule has 168 valence electrons. The van der Waals surface area contributed by atoms with Crippen LogP contribution in [0.3, 0.4) is 0 Å². The molecule has 0 spiro atoms. The van der Waals surface area contributed by atoms with E-state index in [0.29, 0.717) is 5.95 Å². The van der Waals surface area contributed by atoms with Gasteiger partial charge in [-0.15, -0.1) is 0 Å². The fourth-order valence-corrected chi connectivity index (χ4v) is 4.18. The summed E-state index contributed by atoms with van der Waals surface area (Å²) in [5.74, 6) is 0.126. The van der Waals surface area contributed by atoms with Crippen molar-refractivity contribution in [2.24, 2.45) is 0 Å². The first-order chi connectivity index (χ1) is 12.9. The van der Waals surface area contributed by atoms with E-state index in [1.807, 2.05) is 19.1 Å². The van der Waals surface area contributed by atoms with Crippen LogP contribution in [0.2, 0.25) is 36.3 Å². The predicted octanol–water partition coefficient (Wildman–Crippen LogP) is 6.15. The third kappa shape index (κ3) is 7.29. The lowest BCUT2D eigenvalue weighted by atomic mass is 10.1. The second-order valence-electron chi connectivity index (χ2n) is 11.0. The van der Waals surface area contributed by atoms with Crippen LogP contribution in [0.25, 0.3) is 0 Å². The van der Waals surface area contributed by atoms with Crippen molar-refractivity contribution < 1.29 is 23.1 Å². The molecule has 1 aliphatic heterocycles. The lowest BCUT2D eigenvalue weighted by molar-refractivity contribution is -0.140. The van der Waals surface area contributed by atoms with Gasteiger partial charge in [0.15, 0.2) is 0 Å². The first kappa shape index (κ1) is 26.0. The summed E-state index contributed by atoms with van der Waals surface area (Å²) in [5.41, 5.74) is 0. The van der Waals surface area contributed by atoms with Gasteiger partial charge in [0.05, 0.1) is 18.6 Å². The van der Waals surface area contributed by atoms with Crippen LogP contribution in [0.1, 0.15) is 54.9 Å². The molecule has 29 heavy (non-hydrogen) atoms. The minimum Gasteiger partial charge on any atom is -0.519 e. The highest BCUT2D eigenvalue weighted by molar-refractivity contribution is 6.75. The lowest BCUT2D eigenvalue weighted by Crippen LogP contribution is -2.44. The Hall–Kier alpha value is -1.06. The summed E-state index contributed by atoms with van der Waals surface area (Å²) in [7, 11) is -4.12. The molecule has 0 fully saturated rings. The molecule has 0 aromatic rings. The molecule has 5 nitrogen and oxygen atoms in total. The largest absolute Gasteiger partial charge is 0.519 e. The highest BCUT2D eigenvalue weighted by Gasteiger charge is 2.41. The minimum absolute atomic E-state index is 0.0113. The van der Waals surface area contributed by atoms with Crippen molar-refractivity contribution in [3.8, 4) is 0 Å². The Morgan fingerprint density at radius 2 is 1.45 bits per heavy atom. The Morgan fingerprint density at radius 1 is 0.966 bits per heavy atom. The van der Waals surface area contributed by atoms with E-state index in [9.17, 15) is 4.79 Å². The zero-order chi connectivity index (χ0) is 22.8. The normalized spacial score (nSPS) is 23.5. The minimum atomic E-state index is -2.12. The van der Waals surface area contributed by atoms with Crippen LogP contribution >= 0.6 is 0 Å². The number of ether oxygens (including phenoxy) is 2. The Morgan fingerprint density at radius 3 is 1.90 bits per heavy atom. The standard InChI is InChI=1S/C22H42O5Si2/c1-16-19(25-17(2)26-28(9,10)21(3,4)5)14-13-18(24-16)15-20(23)27-29(11,12)22(6,7)8/h13-14,16,18-19H,2,15H2,1,3-12H3/t16-,18+,19+/m0/s1. The molecule has 0 saturated carbocycles. The smallest absolute Gasteiger partial charge is 0.295 e. The molecule has 0 aromatic heterocycles. The average molecular weight is 443 g/mol. The van der Waals surface area contributed by atoms with E-state index in [4.69, 9.17) is 18.3 Å². The second-order valence-corrected chi connectivity index (χ2v) is 20.5. The SMILES string of the molecule is C=C(O[C@@H]1C=C[C@H](CC(=O)O[Si](C)(C)C(C)(C)C)O[C@H]1C)O[Si](C)(C)C(C)(C)C. The number of rotatable bonds is 7. The molecular formula is C22H42O5Si2. The van der Waals surface area contributed by atoms with Crippen LogP contribution < -0.4 is 0 Å². The molecule has 0 aliphatic carbocycles. The van der Waals surface area contributed by atoms with Crippen LogP contribution in [-0.4, -0.2) is 40.9 Å². The quantitative estimate of drug-likeness (QED) is 0.269. The van der Waals surface area contributed by atoms with Gasteiger partial charge in [0.2, 0.25) is 0 Å². The highest BCUT2D eigenvalue weighted by atomic mass is 28.4. The second kappa shape index (κ2) is 8.98. The van der Waals surface area contributed by atoms with Gasteiger partial charge in [-0.3, -0.25) is 4.79 Å². The summed E-state index contributed by atoms with van der Waals surface area (Å²) in [6, 6.07) is 0. The Labute approximate surface area is 180 Å². The van der Waals surface area contributed by atoms with Crippen molar-refractivity contribution in [1.29, 1.82) is 0 Å². The van der Waals surface area contributed by atoms with Crippen LogP contribution in [-0.2, 0) is 23.1 Å². The third-order valence-corrected chi connectivity index (χ3v) is 15.1. The molecule has 0 bridgehead atoms. The highest BCUT2D eigenvalue weighted by Crippen LogP contribution is 2.38. The monoisotopic (exact) mass is 442 g/mol. The topological polar surface area (TPSA) is 54.0 Å². The van der Waals surface area contributed by atoms with Crippen molar-refractivity contribution >= 4 is 22.6 Å². The lowest BCUT2D eigenvalue weighted by Gasteiger charge is -2.38. The first-order valence-electron chi connectivity index (χ1n) is 10.5. The van der Waals surface area contributed by atoms with Gasteiger partial charge in [0.25, 0.3) is 28.5 Å². The van der Waals surface area contributed by atoms with Gasteiger partial charge in [-0.05, 0) is 55.8 Å². The van der Waals surface area contributed by atoms with Crippen LogP contribution in [0.5, 0.6) is 0 Å². The molecule has 3 atom stereocenters. The number of carbonyl (C=O) groups excluding carboxylic acids is 1. The van der Waals surface area contributed by atoms with Gasteiger partial charge in [-0.25, -0.2) is 0 Å². The molecule has 0 unspecified atom stereocenters. The summed E-state index contributed by atoms with van der Waals surface area (Å²) in [6.07, 6.45) is 3.19. The van der Waals surface area contributed by atoms with E-state index in [1.165, 1.54) is 0 Å². The summed E-state index contributed by atoms with van der Waals surface area (Å²) in [4.78, 5) is 12.4. The van der Waals surface area contributed by atoms with E-state index < -0.39 is 16.6 Å². The molecule has 1 heterocycles. The maximum Gasteiger partial charge on any atom is 0.295 e. The van der Waals surface area contributed by atoms with Crippen molar-refractivity contribution in [2.45, 2.75) is 109 Å².